The second kappa shape index (κ2) is 25.8. The van der Waals surface area contributed by atoms with E-state index in [0.717, 1.165) is 44.9 Å². The molecule has 0 aliphatic heterocycles. The van der Waals surface area contributed by atoms with Crippen LogP contribution >= 0.6 is 0 Å². The highest BCUT2D eigenvalue weighted by Gasteiger charge is 2.22. The lowest BCUT2D eigenvalue weighted by Gasteiger charge is -2.15. The zero-order chi connectivity index (χ0) is 26.0. The van der Waals surface area contributed by atoms with Crippen molar-refractivity contribution in [3.05, 3.63) is 11.1 Å². The maximum Gasteiger partial charge on any atom is 0.334 e. The average Bonchev–Trinajstić information content (AvgIpc) is 2.86. The average molecular weight is 495 g/mol. The van der Waals surface area contributed by atoms with Crippen LogP contribution in [-0.2, 0) is 19.1 Å². The maximum absolute atomic E-state index is 13.1. The molecular formula is C31H58O4. The first-order chi connectivity index (χ1) is 17.1. The van der Waals surface area contributed by atoms with Crippen LogP contribution in [-0.4, -0.2) is 25.2 Å². The fraction of sp³-hybridized carbons (Fsp3) is 0.871. The molecule has 0 aromatic rings. The topological polar surface area (TPSA) is 52.6 Å². The number of carbonyl (C=O) groups excluding carboxylic acids is 2. The molecule has 0 heterocycles. The van der Waals surface area contributed by atoms with Crippen molar-refractivity contribution in [2.24, 2.45) is 0 Å². The summed E-state index contributed by atoms with van der Waals surface area (Å²) in [6.45, 7) is 9.57. The van der Waals surface area contributed by atoms with E-state index < -0.39 is 0 Å². The van der Waals surface area contributed by atoms with E-state index in [4.69, 9.17) is 9.47 Å². The molecule has 0 saturated carbocycles. The molecule has 4 heteroatoms. The monoisotopic (exact) mass is 494 g/mol. The van der Waals surface area contributed by atoms with E-state index in [-0.39, 0.29) is 11.9 Å². The summed E-state index contributed by atoms with van der Waals surface area (Å²) in [4.78, 5) is 26.0. The molecule has 0 aliphatic rings. The number of hydrogen-bond acceptors (Lipinski definition) is 4. The van der Waals surface area contributed by atoms with E-state index in [9.17, 15) is 9.59 Å². The Balaban J connectivity index is 4.94. The van der Waals surface area contributed by atoms with Gasteiger partial charge < -0.3 is 9.47 Å². The third-order valence-corrected chi connectivity index (χ3v) is 6.60. The van der Waals surface area contributed by atoms with Crippen molar-refractivity contribution in [3.8, 4) is 0 Å². The largest absolute Gasteiger partial charge is 0.462 e. The third-order valence-electron chi connectivity index (χ3n) is 6.60. The Morgan fingerprint density at radius 2 is 0.743 bits per heavy atom. The number of carbonyl (C=O) groups is 2. The van der Waals surface area contributed by atoms with Crippen LogP contribution < -0.4 is 0 Å². The summed E-state index contributed by atoms with van der Waals surface area (Å²) in [5, 5.41) is 0. The number of unbranched alkanes of at least 4 members (excludes halogenated alkanes) is 15. The van der Waals surface area contributed by atoms with Crippen LogP contribution in [0, 0.1) is 0 Å². The molecule has 0 bridgehead atoms. The Hall–Kier alpha value is -1.32. The predicted molar refractivity (Wildman–Crippen MR) is 149 cm³/mol. The molecule has 0 saturated heterocycles. The van der Waals surface area contributed by atoms with Gasteiger partial charge in [0, 0.05) is 11.1 Å². The van der Waals surface area contributed by atoms with E-state index in [1.807, 2.05) is 6.92 Å². The summed E-state index contributed by atoms with van der Waals surface area (Å²) in [5.41, 5.74) is 1.13. The standard InChI is InChI=1S/C31H58O4/c1-5-9-12-15-18-21-25-29(31(33)35-27-23-20-17-14-11-7-3)28(24-8-4)30(32)34-26-22-19-16-13-10-6-2/h5-27H2,1-4H3/b29-28-. The minimum absolute atomic E-state index is 0.299. The van der Waals surface area contributed by atoms with E-state index in [1.165, 1.54) is 77.0 Å². The summed E-state index contributed by atoms with van der Waals surface area (Å²) in [6.07, 6.45) is 22.8. The van der Waals surface area contributed by atoms with Crippen molar-refractivity contribution < 1.29 is 19.1 Å². The van der Waals surface area contributed by atoms with Gasteiger partial charge >= 0.3 is 11.9 Å². The predicted octanol–water partition coefficient (Wildman–Crippen LogP) is 9.64. The zero-order valence-corrected chi connectivity index (χ0v) is 23.9. The molecule has 0 amide bonds. The Morgan fingerprint density at radius 3 is 1.14 bits per heavy atom. The number of hydrogen-bond donors (Lipinski definition) is 0. The first kappa shape index (κ1) is 33.7. The van der Waals surface area contributed by atoms with Crippen LogP contribution in [0.4, 0.5) is 0 Å². The van der Waals surface area contributed by atoms with Gasteiger partial charge in [-0.1, -0.05) is 130 Å². The lowest BCUT2D eigenvalue weighted by molar-refractivity contribution is -0.142. The quantitative estimate of drug-likeness (QED) is 0.0720. The van der Waals surface area contributed by atoms with Crippen LogP contribution in [0.25, 0.3) is 0 Å². The molecule has 0 fully saturated rings. The highest BCUT2D eigenvalue weighted by Crippen LogP contribution is 2.22. The lowest BCUT2D eigenvalue weighted by atomic mass is 9.97. The van der Waals surface area contributed by atoms with Gasteiger partial charge in [-0.05, 0) is 32.1 Å². The van der Waals surface area contributed by atoms with E-state index in [2.05, 4.69) is 20.8 Å². The molecule has 0 aromatic carbocycles. The highest BCUT2D eigenvalue weighted by molar-refractivity contribution is 6.00. The summed E-state index contributed by atoms with van der Waals surface area (Å²) in [7, 11) is 0. The van der Waals surface area contributed by atoms with Crippen LogP contribution in [0.2, 0.25) is 0 Å². The van der Waals surface area contributed by atoms with Gasteiger partial charge in [-0.15, -0.1) is 0 Å². The summed E-state index contributed by atoms with van der Waals surface area (Å²) >= 11 is 0. The Morgan fingerprint density at radius 1 is 0.400 bits per heavy atom. The molecule has 0 aromatic heterocycles. The van der Waals surface area contributed by atoms with Gasteiger partial charge in [-0.3, -0.25) is 0 Å². The highest BCUT2D eigenvalue weighted by atomic mass is 16.5. The minimum atomic E-state index is -0.307. The molecule has 0 radical (unpaired) electrons. The Kier molecular flexibility index (Phi) is 24.8. The Bertz CT molecular complexity index is 538. The van der Waals surface area contributed by atoms with Crippen molar-refractivity contribution in [1.82, 2.24) is 0 Å². The molecule has 0 unspecified atom stereocenters. The molecule has 0 spiro atoms. The van der Waals surface area contributed by atoms with Gasteiger partial charge in [0.1, 0.15) is 0 Å². The van der Waals surface area contributed by atoms with E-state index >= 15 is 0 Å². The molecular weight excluding hydrogens is 436 g/mol. The van der Waals surface area contributed by atoms with Gasteiger partial charge in [0.05, 0.1) is 13.2 Å². The van der Waals surface area contributed by atoms with Crippen molar-refractivity contribution in [2.75, 3.05) is 13.2 Å². The van der Waals surface area contributed by atoms with Gasteiger partial charge in [0.15, 0.2) is 0 Å². The zero-order valence-electron chi connectivity index (χ0n) is 23.9. The van der Waals surface area contributed by atoms with Gasteiger partial charge in [0.2, 0.25) is 0 Å². The van der Waals surface area contributed by atoms with Crippen molar-refractivity contribution in [1.29, 1.82) is 0 Å². The normalized spacial score (nSPS) is 11.9. The van der Waals surface area contributed by atoms with Crippen molar-refractivity contribution in [2.45, 2.75) is 163 Å². The van der Waals surface area contributed by atoms with E-state index in [0.29, 0.717) is 37.2 Å². The first-order valence-electron chi connectivity index (χ1n) is 15.2. The van der Waals surface area contributed by atoms with Gasteiger partial charge in [0.25, 0.3) is 0 Å². The molecule has 4 nitrogen and oxygen atoms in total. The molecule has 206 valence electrons. The first-order valence-corrected chi connectivity index (χ1v) is 15.2. The molecule has 0 N–H and O–H groups in total. The summed E-state index contributed by atoms with van der Waals surface area (Å²) in [6, 6.07) is 0. The number of esters is 2. The molecule has 35 heavy (non-hydrogen) atoms. The SMILES string of the molecule is CCCCCCCCOC(=O)/C(CCC)=C(/CCCCCCCC)C(=O)OCCCCCCCC. The fourth-order valence-electron chi connectivity index (χ4n) is 4.35. The van der Waals surface area contributed by atoms with Crippen LogP contribution in [0.15, 0.2) is 11.1 Å². The smallest absolute Gasteiger partial charge is 0.334 e. The number of rotatable bonds is 25. The van der Waals surface area contributed by atoms with Crippen LogP contribution in [0.5, 0.6) is 0 Å². The fourth-order valence-corrected chi connectivity index (χ4v) is 4.35. The number of ether oxygens (including phenoxy) is 2. The lowest BCUT2D eigenvalue weighted by Crippen LogP contribution is -2.18. The van der Waals surface area contributed by atoms with E-state index in [1.54, 1.807) is 0 Å². The Labute approximate surface area is 218 Å². The second-order valence-electron chi connectivity index (χ2n) is 10.0. The van der Waals surface area contributed by atoms with Crippen LogP contribution in [0.3, 0.4) is 0 Å². The molecule has 0 aliphatic carbocycles. The van der Waals surface area contributed by atoms with Crippen LogP contribution in [0.1, 0.15) is 163 Å². The van der Waals surface area contributed by atoms with Gasteiger partial charge in [-0.25, -0.2) is 9.59 Å². The van der Waals surface area contributed by atoms with Crippen molar-refractivity contribution in [3.63, 3.8) is 0 Å². The minimum Gasteiger partial charge on any atom is -0.462 e. The second-order valence-corrected chi connectivity index (χ2v) is 10.0. The third kappa shape index (κ3) is 19.5. The van der Waals surface area contributed by atoms with Gasteiger partial charge in [-0.2, -0.15) is 0 Å². The maximum atomic E-state index is 13.1. The molecule has 0 rings (SSSR count). The summed E-state index contributed by atoms with van der Waals surface area (Å²) in [5.74, 6) is -0.606. The molecule has 0 atom stereocenters. The van der Waals surface area contributed by atoms with Crippen molar-refractivity contribution >= 4 is 11.9 Å². The summed E-state index contributed by atoms with van der Waals surface area (Å²) < 4.78 is 11.3.